The Morgan fingerprint density at radius 1 is 1.16 bits per heavy atom. The molecule has 2 unspecified atom stereocenters. The first-order valence-electron chi connectivity index (χ1n) is 7.95. The first kappa shape index (κ1) is 21.5. The zero-order valence-electron chi connectivity index (χ0n) is 14.2. The number of likely N-dealkylation sites (tertiary alicyclic amines) is 1. The standard InChI is InChI=1S/C15H21Cl2NO.C2H2O4/c1-11-7-12(2)10-18(9-11)5-6-19-15-4-3-13(16)8-14(15)17;3-1(4)2(5)6/h3-4,8,11-12H,5-7,9-10H2,1-2H3;(H,3,4)(H,5,6). The molecular weight excluding hydrogens is 369 g/mol. The van der Waals surface area contributed by atoms with E-state index in [-0.39, 0.29) is 0 Å². The summed E-state index contributed by atoms with van der Waals surface area (Å²) in [6.45, 7) is 8.59. The van der Waals surface area contributed by atoms with Crippen molar-refractivity contribution < 1.29 is 24.5 Å². The van der Waals surface area contributed by atoms with Gasteiger partial charge in [-0.15, -0.1) is 0 Å². The molecule has 1 aromatic carbocycles. The van der Waals surface area contributed by atoms with Gasteiger partial charge in [0.2, 0.25) is 0 Å². The van der Waals surface area contributed by atoms with Crippen LogP contribution in [0, 0.1) is 11.8 Å². The van der Waals surface area contributed by atoms with Gasteiger partial charge in [0, 0.05) is 24.7 Å². The van der Waals surface area contributed by atoms with Crippen molar-refractivity contribution in [1.29, 1.82) is 0 Å². The molecule has 1 fully saturated rings. The summed E-state index contributed by atoms with van der Waals surface area (Å²) in [6, 6.07) is 5.34. The van der Waals surface area contributed by atoms with Crippen molar-refractivity contribution in [2.75, 3.05) is 26.2 Å². The zero-order chi connectivity index (χ0) is 19.0. The van der Waals surface area contributed by atoms with E-state index in [0.29, 0.717) is 22.4 Å². The highest BCUT2D eigenvalue weighted by Gasteiger charge is 2.21. The molecule has 2 rings (SSSR count). The van der Waals surface area contributed by atoms with Crippen LogP contribution in [0.5, 0.6) is 5.75 Å². The van der Waals surface area contributed by atoms with Crippen LogP contribution < -0.4 is 4.74 Å². The first-order valence-corrected chi connectivity index (χ1v) is 8.71. The van der Waals surface area contributed by atoms with Gasteiger partial charge in [-0.2, -0.15) is 0 Å². The van der Waals surface area contributed by atoms with Gasteiger partial charge in [0.15, 0.2) is 0 Å². The van der Waals surface area contributed by atoms with Gasteiger partial charge in [0.1, 0.15) is 12.4 Å². The molecule has 0 bridgehead atoms. The van der Waals surface area contributed by atoms with Crippen molar-refractivity contribution in [3.05, 3.63) is 28.2 Å². The molecule has 140 valence electrons. The molecule has 0 aliphatic carbocycles. The summed E-state index contributed by atoms with van der Waals surface area (Å²) in [6.07, 6.45) is 1.33. The minimum atomic E-state index is -1.82. The monoisotopic (exact) mass is 391 g/mol. The van der Waals surface area contributed by atoms with Crippen LogP contribution in [0.25, 0.3) is 0 Å². The smallest absolute Gasteiger partial charge is 0.414 e. The number of hydrogen-bond donors (Lipinski definition) is 2. The number of aliphatic carboxylic acids is 2. The molecule has 2 N–H and O–H groups in total. The van der Waals surface area contributed by atoms with Gasteiger partial charge in [-0.1, -0.05) is 37.0 Å². The highest BCUT2D eigenvalue weighted by atomic mass is 35.5. The number of nitrogens with zero attached hydrogens (tertiary/aromatic N) is 1. The van der Waals surface area contributed by atoms with Gasteiger partial charge in [-0.25, -0.2) is 9.59 Å². The lowest BCUT2D eigenvalue weighted by Gasteiger charge is -2.34. The van der Waals surface area contributed by atoms with E-state index in [0.717, 1.165) is 18.4 Å². The maximum atomic E-state index is 9.10. The number of hydrogen-bond acceptors (Lipinski definition) is 4. The van der Waals surface area contributed by atoms with E-state index in [9.17, 15) is 0 Å². The van der Waals surface area contributed by atoms with Crippen LogP contribution in [0.15, 0.2) is 18.2 Å². The zero-order valence-corrected chi connectivity index (χ0v) is 15.8. The summed E-state index contributed by atoms with van der Waals surface area (Å²) in [5.41, 5.74) is 0. The Bertz CT molecular complexity index is 574. The SMILES string of the molecule is CC1CC(C)CN(CCOc2ccc(Cl)cc2Cl)C1.O=C(O)C(=O)O. The second kappa shape index (κ2) is 10.5. The van der Waals surface area contributed by atoms with Crippen LogP contribution in [0.1, 0.15) is 20.3 Å². The number of benzene rings is 1. The number of carboxylic acid groups (broad SMARTS) is 2. The van der Waals surface area contributed by atoms with Crippen molar-refractivity contribution in [3.63, 3.8) is 0 Å². The summed E-state index contributed by atoms with van der Waals surface area (Å²) >= 11 is 11.9. The van der Waals surface area contributed by atoms with E-state index in [4.69, 9.17) is 47.7 Å². The average molecular weight is 392 g/mol. The molecule has 1 aliphatic heterocycles. The summed E-state index contributed by atoms with van der Waals surface area (Å²) < 4.78 is 5.73. The molecule has 1 aliphatic rings. The number of carbonyl (C=O) groups is 2. The average Bonchev–Trinajstić information content (AvgIpc) is 2.49. The number of halogens is 2. The Hall–Kier alpha value is -1.50. The highest BCUT2D eigenvalue weighted by Crippen LogP contribution is 2.27. The van der Waals surface area contributed by atoms with Gasteiger partial charge in [-0.05, 0) is 36.5 Å². The molecule has 1 heterocycles. The largest absolute Gasteiger partial charge is 0.491 e. The fourth-order valence-corrected chi connectivity index (χ4v) is 3.31. The van der Waals surface area contributed by atoms with Gasteiger partial charge in [-0.3, -0.25) is 4.90 Å². The van der Waals surface area contributed by atoms with Crippen LogP contribution >= 0.6 is 23.2 Å². The molecule has 6 nitrogen and oxygen atoms in total. The first-order chi connectivity index (χ1) is 11.7. The Kier molecular flexibility index (Phi) is 9.03. The minimum absolute atomic E-state index is 0.577. The van der Waals surface area contributed by atoms with E-state index in [2.05, 4.69) is 18.7 Å². The maximum absolute atomic E-state index is 9.10. The lowest BCUT2D eigenvalue weighted by atomic mass is 9.92. The predicted octanol–water partition coefficient (Wildman–Crippen LogP) is 3.51. The number of rotatable bonds is 4. The Morgan fingerprint density at radius 2 is 1.72 bits per heavy atom. The summed E-state index contributed by atoms with van der Waals surface area (Å²) in [5.74, 6) is -1.38. The van der Waals surface area contributed by atoms with Crippen LogP contribution in [0.4, 0.5) is 0 Å². The summed E-state index contributed by atoms with van der Waals surface area (Å²) in [7, 11) is 0. The second-order valence-electron chi connectivity index (χ2n) is 6.24. The fraction of sp³-hybridized carbons (Fsp3) is 0.529. The molecule has 0 spiro atoms. The van der Waals surface area contributed by atoms with Crippen molar-refractivity contribution in [3.8, 4) is 5.75 Å². The third-order valence-corrected chi connectivity index (χ3v) is 4.22. The molecule has 0 saturated carbocycles. The Morgan fingerprint density at radius 3 is 2.20 bits per heavy atom. The van der Waals surface area contributed by atoms with E-state index in [1.165, 1.54) is 19.5 Å². The molecule has 8 heteroatoms. The van der Waals surface area contributed by atoms with Crippen molar-refractivity contribution >= 4 is 35.1 Å². The maximum Gasteiger partial charge on any atom is 0.414 e. The topological polar surface area (TPSA) is 87.1 Å². The fourth-order valence-electron chi connectivity index (χ4n) is 2.85. The van der Waals surface area contributed by atoms with Crippen LogP contribution in [-0.2, 0) is 9.59 Å². The lowest BCUT2D eigenvalue weighted by Crippen LogP contribution is -2.40. The Balaban J connectivity index is 0.000000450. The molecule has 0 radical (unpaired) electrons. The number of ether oxygens (including phenoxy) is 1. The second-order valence-corrected chi connectivity index (χ2v) is 7.08. The predicted molar refractivity (Wildman–Crippen MR) is 96.6 cm³/mol. The molecule has 1 aromatic rings. The van der Waals surface area contributed by atoms with Crippen LogP contribution in [0.3, 0.4) is 0 Å². The Labute approximate surface area is 157 Å². The third kappa shape index (κ3) is 8.43. The quantitative estimate of drug-likeness (QED) is 0.763. The lowest BCUT2D eigenvalue weighted by molar-refractivity contribution is -0.159. The number of piperidine rings is 1. The molecule has 25 heavy (non-hydrogen) atoms. The summed E-state index contributed by atoms with van der Waals surface area (Å²) in [4.78, 5) is 20.7. The molecular formula is C17H23Cl2NO5. The van der Waals surface area contributed by atoms with Crippen LogP contribution in [-0.4, -0.2) is 53.3 Å². The number of carboxylic acids is 2. The molecule has 0 amide bonds. The van der Waals surface area contributed by atoms with Gasteiger partial charge >= 0.3 is 11.9 Å². The van der Waals surface area contributed by atoms with Crippen molar-refractivity contribution in [1.82, 2.24) is 4.90 Å². The minimum Gasteiger partial charge on any atom is -0.491 e. The van der Waals surface area contributed by atoms with E-state index >= 15 is 0 Å². The molecule has 1 saturated heterocycles. The van der Waals surface area contributed by atoms with Gasteiger partial charge < -0.3 is 14.9 Å². The van der Waals surface area contributed by atoms with Crippen molar-refractivity contribution in [2.45, 2.75) is 20.3 Å². The normalized spacial score (nSPS) is 20.3. The van der Waals surface area contributed by atoms with E-state index < -0.39 is 11.9 Å². The highest BCUT2D eigenvalue weighted by molar-refractivity contribution is 6.35. The molecule has 2 atom stereocenters. The van der Waals surface area contributed by atoms with Gasteiger partial charge in [0.05, 0.1) is 5.02 Å². The van der Waals surface area contributed by atoms with Crippen molar-refractivity contribution in [2.24, 2.45) is 11.8 Å². The van der Waals surface area contributed by atoms with Crippen LogP contribution in [0.2, 0.25) is 10.0 Å². The third-order valence-electron chi connectivity index (χ3n) is 3.69. The summed E-state index contributed by atoms with van der Waals surface area (Å²) in [5, 5.41) is 16.0. The van der Waals surface area contributed by atoms with E-state index in [1.807, 2.05) is 6.07 Å². The van der Waals surface area contributed by atoms with Gasteiger partial charge in [0.25, 0.3) is 0 Å². The molecule has 0 aromatic heterocycles. The van der Waals surface area contributed by atoms with E-state index in [1.54, 1.807) is 12.1 Å².